The van der Waals surface area contributed by atoms with Gasteiger partial charge in [0, 0.05) is 6.07 Å². The molecule has 0 saturated heterocycles. The van der Waals surface area contributed by atoms with Crippen LogP contribution in [0.3, 0.4) is 0 Å². The Morgan fingerprint density at radius 2 is 1.95 bits per heavy atom. The second kappa shape index (κ2) is 4.68. The molecule has 0 atom stereocenters. The number of hydrogen-bond acceptors (Lipinski definition) is 1. The Balaban J connectivity index is 2.44. The number of halogens is 3. The minimum absolute atomic E-state index is 0.0393. The number of imidazole rings is 1. The summed E-state index contributed by atoms with van der Waals surface area (Å²) in [4.78, 5) is 2.93. The van der Waals surface area contributed by atoms with Crippen LogP contribution < -0.4 is 0 Å². The molecule has 0 bridgehead atoms. The smallest absolute Gasteiger partial charge is 0.182 e. The van der Waals surface area contributed by atoms with Crippen molar-refractivity contribution >= 4 is 34.9 Å². The van der Waals surface area contributed by atoms with E-state index in [1.807, 2.05) is 0 Å². The van der Waals surface area contributed by atoms with Crippen LogP contribution in [0.4, 0.5) is 8.78 Å². The zero-order valence-corrected chi connectivity index (χ0v) is 11.9. The summed E-state index contributed by atoms with van der Waals surface area (Å²) < 4.78 is 29.5. The van der Waals surface area contributed by atoms with Crippen LogP contribution in [0, 0.1) is 23.3 Å². The number of aryl methyl sites for hydroxylation is 1. The third-order valence-corrected chi connectivity index (χ3v) is 3.71. The van der Waals surface area contributed by atoms with Crippen molar-refractivity contribution in [3.63, 3.8) is 0 Å². The molecule has 3 aromatic rings. The number of rotatable bonds is 1. The number of hydrogen-bond donors (Lipinski definition) is 1. The first-order chi connectivity index (χ1) is 9.49. The minimum atomic E-state index is -0.555. The summed E-state index contributed by atoms with van der Waals surface area (Å²) in [5.41, 5.74) is 1.48. The van der Waals surface area contributed by atoms with Crippen LogP contribution in [0.15, 0.2) is 30.3 Å². The Hall–Kier alpha value is -1.72. The van der Waals surface area contributed by atoms with E-state index in [0.29, 0.717) is 16.1 Å². The maximum absolute atomic E-state index is 14.1. The van der Waals surface area contributed by atoms with E-state index in [2.05, 4.69) is 4.98 Å². The van der Waals surface area contributed by atoms with Gasteiger partial charge in [-0.3, -0.25) is 4.57 Å². The number of para-hydroxylation sites is 1. The van der Waals surface area contributed by atoms with E-state index in [-0.39, 0.29) is 16.0 Å². The average Bonchev–Trinajstić information content (AvgIpc) is 2.71. The first kappa shape index (κ1) is 13.3. The van der Waals surface area contributed by atoms with Gasteiger partial charge < -0.3 is 4.98 Å². The molecule has 0 spiro atoms. The molecule has 3 rings (SSSR count). The molecule has 0 saturated carbocycles. The number of aromatic amines is 1. The molecular formula is C14H9ClF2N2S. The molecule has 0 aliphatic heterocycles. The first-order valence-corrected chi connectivity index (χ1v) is 6.63. The van der Waals surface area contributed by atoms with Crippen LogP contribution in [0.2, 0.25) is 5.02 Å². The van der Waals surface area contributed by atoms with Crippen molar-refractivity contribution in [1.29, 1.82) is 0 Å². The SMILES string of the molecule is Cc1cc(F)c(-n2c(=S)[nH]c3cccc(Cl)c32)cc1F. The largest absolute Gasteiger partial charge is 0.330 e. The molecule has 0 aliphatic carbocycles. The van der Waals surface area contributed by atoms with Gasteiger partial charge in [0.15, 0.2) is 4.77 Å². The number of benzene rings is 2. The zero-order chi connectivity index (χ0) is 14.4. The lowest BCUT2D eigenvalue weighted by molar-refractivity contribution is 0.586. The normalized spacial score (nSPS) is 11.2. The van der Waals surface area contributed by atoms with Gasteiger partial charge in [0.05, 0.1) is 21.7 Å². The molecule has 2 nitrogen and oxygen atoms in total. The van der Waals surface area contributed by atoms with Gasteiger partial charge in [0.25, 0.3) is 0 Å². The van der Waals surface area contributed by atoms with Gasteiger partial charge in [0.2, 0.25) is 0 Å². The fraction of sp³-hybridized carbons (Fsp3) is 0.0714. The Bertz CT molecular complexity index is 883. The molecule has 0 amide bonds. The van der Waals surface area contributed by atoms with E-state index in [4.69, 9.17) is 23.8 Å². The molecule has 102 valence electrons. The summed E-state index contributed by atoms with van der Waals surface area (Å²) in [6.07, 6.45) is 0. The topological polar surface area (TPSA) is 20.7 Å². The highest BCUT2D eigenvalue weighted by Crippen LogP contribution is 2.28. The van der Waals surface area contributed by atoms with Gasteiger partial charge in [-0.1, -0.05) is 17.7 Å². The summed E-state index contributed by atoms with van der Waals surface area (Å²) in [6, 6.07) is 7.47. The molecule has 0 unspecified atom stereocenters. The lowest BCUT2D eigenvalue weighted by Crippen LogP contribution is -2.00. The molecule has 0 radical (unpaired) electrons. The third kappa shape index (κ3) is 1.94. The number of fused-ring (bicyclic) bond motifs is 1. The van der Waals surface area contributed by atoms with Crippen molar-refractivity contribution in [2.75, 3.05) is 0 Å². The molecule has 1 aromatic heterocycles. The Morgan fingerprint density at radius 3 is 2.70 bits per heavy atom. The summed E-state index contributed by atoms with van der Waals surface area (Å²) in [5, 5.41) is 0.412. The second-order valence-electron chi connectivity index (χ2n) is 4.45. The Labute approximate surface area is 123 Å². The third-order valence-electron chi connectivity index (χ3n) is 3.12. The van der Waals surface area contributed by atoms with Crippen LogP contribution in [0.5, 0.6) is 0 Å². The van der Waals surface area contributed by atoms with Gasteiger partial charge in [0.1, 0.15) is 11.6 Å². The van der Waals surface area contributed by atoms with Crippen molar-refractivity contribution in [1.82, 2.24) is 9.55 Å². The van der Waals surface area contributed by atoms with E-state index in [0.717, 1.165) is 12.1 Å². The van der Waals surface area contributed by atoms with Gasteiger partial charge in [-0.2, -0.15) is 0 Å². The molecular weight excluding hydrogens is 302 g/mol. The Kier molecular flexibility index (Phi) is 3.11. The quantitative estimate of drug-likeness (QED) is 0.632. The summed E-state index contributed by atoms with van der Waals surface area (Å²) >= 11 is 11.3. The van der Waals surface area contributed by atoms with Crippen LogP contribution in [-0.2, 0) is 0 Å². The van der Waals surface area contributed by atoms with Crippen molar-refractivity contribution in [2.45, 2.75) is 6.92 Å². The standard InChI is InChI=1S/C14H9ClF2N2S/c1-7-5-10(17)12(6-9(7)16)19-13-8(15)3-2-4-11(13)18-14(19)20/h2-6H,1H3,(H,18,20). The number of H-pyrrole nitrogens is 1. The highest BCUT2D eigenvalue weighted by molar-refractivity contribution is 7.71. The van der Waals surface area contributed by atoms with E-state index in [1.54, 1.807) is 18.2 Å². The summed E-state index contributed by atoms with van der Waals surface area (Å²) in [6.45, 7) is 1.50. The predicted octanol–water partition coefficient (Wildman–Crippen LogP) is 4.93. The lowest BCUT2D eigenvalue weighted by Gasteiger charge is -2.08. The van der Waals surface area contributed by atoms with Crippen LogP contribution in [0.1, 0.15) is 5.56 Å². The van der Waals surface area contributed by atoms with Gasteiger partial charge >= 0.3 is 0 Å². The predicted molar refractivity (Wildman–Crippen MR) is 78.1 cm³/mol. The molecule has 0 aliphatic rings. The lowest BCUT2D eigenvalue weighted by atomic mass is 10.2. The van der Waals surface area contributed by atoms with Crippen molar-refractivity contribution < 1.29 is 8.78 Å². The van der Waals surface area contributed by atoms with E-state index >= 15 is 0 Å². The maximum atomic E-state index is 14.1. The van der Waals surface area contributed by atoms with Crippen LogP contribution in [-0.4, -0.2) is 9.55 Å². The van der Waals surface area contributed by atoms with Gasteiger partial charge in [-0.15, -0.1) is 0 Å². The molecule has 0 fully saturated rings. The summed E-state index contributed by atoms with van der Waals surface area (Å²) in [7, 11) is 0. The fourth-order valence-corrected chi connectivity index (χ4v) is 2.71. The van der Waals surface area contributed by atoms with E-state index < -0.39 is 11.6 Å². The molecule has 6 heteroatoms. The number of nitrogens with one attached hydrogen (secondary N) is 1. The molecule has 2 aromatic carbocycles. The highest BCUT2D eigenvalue weighted by Gasteiger charge is 2.15. The highest BCUT2D eigenvalue weighted by atomic mass is 35.5. The van der Waals surface area contributed by atoms with E-state index in [9.17, 15) is 8.78 Å². The molecule has 1 heterocycles. The Morgan fingerprint density at radius 1 is 1.20 bits per heavy atom. The second-order valence-corrected chi connectivity index (χ2v) is 5.25. The monoisotopic (exact) mass is 310 g/mol. The summed E-state index contributed by atoms with van der Waals surface area (Å²) in [5.74, 6) is -1.05. The molecule has 1 N–H and O–H groups in total. The van der Waals surface area contributed by atoms with Gasteiger partial charge in [-0.25, -0.2) is 8.78 Å². The fourth-order valence-electron chi connectivity index (χ4n) is 2.15. The number of aromatic nitrogens is 2. The minimum Gasteiger partial charge on any atom is -0.330 e. The van der Waals surface area contributed by atoms with Crippen LogP contribution in [0.25, 0.3) is 16.7 Å². The van der Waals surface area contributed by atoms with Gasteiger partial charge in [-0.05, 0) is 42.9 Å². The maximum Gasteiger partial charge on any atom is 0.182 e. The first-order valence-electron chi connectivity index (χ1n) is 5.84. The van der Waals surface area contributed by atoms with Crippen molar-refractivity contribution in [3.05, 3.63) is 57.3 Å². The average molecular weight is 311 g/mol. The molecule has 20 heavy (non-hydrogen) atoms. The number of nitrogens with zero attached hydrogens (tertiary/aromatic N) is 1. The van der Waals surface area contributed by atoms with Crippen molar-refractivity contribution in [2.24, 2.45) is 0 Å². The van der Waals surface area contributed by atoms with Crippen molar-refractivity contribution in [3.8, 4) is 5.69 Å². The van der Waals surface area contributed by atoms with Crippen LogP contribution >= 0.6 is 23.8 Å². The van der Waals surface area contributed by atoms with E-state index in [1.165, 1.54) is 11.5 Å². The zero-order valence-electron chi connectivity index (χ0n) is 10.4.